The Morgan fingerprint density at radius 1 is 1.03 bits per heavy atom. The maximum Gasteiger partial charge on any atom is 0.128 e. The summed E-state index contributed by atoms with van der Waals surface area (Å²) in [4.78, 5) is 2.53. The molecular weight excluding hydrogens is 359 g/mol. The molecule has 0 aliphatic carbocycles. The van der Waals surface area contributed by atoms with Gasteiger partial charge < -0.3 is 0 Å². The largest absolute Gasteiger partial charge is 0.296 e. The van der Waals surface area contributed by atoms with Crippen LogP contribution in [0.5, 0.6) is 0 Å². The molecule has 0 aromatic heterocycles. The van der Waals surface area contributed by atoms with E-state index in [9.17, 15) is 9.65 Å². The topological polar surface area (TPSA) is 27.0 Å². The van der Waals surface area contributed by atoms with Gasteiger partial charge in [-0.2, -0.15) is 5.26 Å². The molecule has 2 unspecified atom stereocenters. The zero-order valence-electron chi connectivity index (χ0n) is 18.4. The van der Waals surface area contributed by atoms with Crippen molar-refractivity contribution in [1.29, 1.82) is 5.26 Å². The number of hydrogen-bond acceptors (Lipinski definition) is 2. The average Bonchev–Trinajstić information content (AvgIpc) is 2.73. The molecule has 3 heteroatoms. The van der Waals surface area contributed by atoms with Crippen LogP contribution in [0.1, 0.15) is 64.5 Å². The first kappa shape index (κ1) is 23.1. The summed E-state index contributed by atoms with van der Waals surface area (Å²) in [6, 6.07) is 20.2. The monoisotopic (exact) mass is 394 g/mol. The Morgan fingerprint density at radius 2 is 1.69 bits per heavy atom. The first-order chi connectivity index (χ1) is 14.0. The third-order valence-corrected chi connectivity index (χ3v) is 6.14. The summed E-state index contributed by atoms with van der Waals surface area (Å²) in [6.45, 7) is 10.4. The molecule has 0 spiro atoms. The summed E-state index contributed by atoms with van der Waals surface area (Å²) >= 11 is 0. The fourth-order valence-corrected chi connectivity index (χ4v) is 4.34. The SMILES string of the molecule is CCCN(Cc1ccccc1)C(CC)CCC(C#N)(c1ccccc1F)C(C)C. The average molecular weight is 395 g/mol. The molecule has 0 fully saturated rings. The van der Waals surface area contributed by atoms with Crippen molar-refractivity contribution in [2.75, 3.05) is 6.54 Å². The molecular formula is C26H35FN2. The van der Waals surface area contributed by atoms with Crippen molar-refractivity contribution >= 4 is 0 Å². The Balaban J connectivity index is 2.24. The molecule has 2 rings (SSSR count). The van der Waals surface area contributed by atoms with Gasteiger partial charge in [0, 0.05) is 18.2 Å². The van der Waals surface area contributed by atoms with E-state index in [4.69, 9.17) is 0 Å². The van der Waals surface area contributed by atoms with Crippen molar-refractivity contribution < 1.29 is 4.39 Å². The molecule has 0 saturated carbocycles. The van der Waals surface area contributed by atoms with Gasteiger partial charge in [-0.15, -0.1) is 0 Å². The van der Waals surface area contributed by atoms with Crippen molar-refractivity contribution in [3.8, 4) is 6.07 Å². The van der Waals surface area contributed by atoms with E-state index in [1.54, 1.807) is 12.1 Å². The summed E-state index contributed by atoms with van der Waals surface area (Å²) < 4.78 is 14.6. The van der Waals surface area contributed by atoms with E-state index in [2.05, 4.69) is 49.1 Å². The fraction of sp³-hybridized carbons (Fsp3) is 0.500. The standard InChI is InChI=1S/C26H35FN2/c1-5-18-29(19-22-12-8-7-9-13-22)23(6-2)16-17-26(20-28,21(3)4)24-14-10-11-15-25(24)27/h7-15,21,23H,5-6,16-19H2,1-4H3. The molecule has 0 radical (unpaired) electrons. The van der Waals surface area contributed by atoms with Crippen LogP contribution in [0.3, 0.4) is 0 Å². The highest BCUT2D eigenvalue weighted by Gasteiger charge is 2.38. The van der Waals surface area contributed by atoms with Gasteiger partial charge in [-0.25, -0.2) is 4.39 Å². The Bertz CT molecular complexity index is 781. The molecule has 0 aliphatic heterocycles. The minimum absolute atomic E-state index is 0.0376. The summed E-state index contributed by atoms with van der Waals surface area (Å²) in [5, 5.41) is 10.2. The smallest absolute Gasteiger partial charge is 0.128 e. The van der Waals surface area contributed by atoms with Crippen LogP contribution < -0.4 is 0 Å². The number of nitriles is 1. The predicted molar refractivity (Wildman–Crippen MR) is 119 cm³/mol. The van der Waals surface area contributed by atoms with E-state index in [0.29, 0.717) is 18.0 Å². The van der Waals surface area contributed by atoms with Gasteiger partial charge in [0.2, 0.25) is 0 Å². The van der Waals surface area contributed by atoms with Gasteiger partial charge in [0.1, 0.15) is 5.82 Å². The van der Waals surface area contributed by atoms with Crippen molar-refractivity contribution in [3.05, 3.63) is 71.5 Å². The molecule has 0 amide bonds. The van der Waals surface area contributed by atoms with E-state index >= 15 is 0 Å². The second kappa shape index (κ2) is 11.1. The van der Waals surface area contributed by atoms with Gasteiger partial charge >= 0.3 is 0 Å². The van der Waals surface area contributed by atoms with Crippen LogP contribution in [0, 0.1) is 23.1 Å². The zero-order chi connectivity index (χ0) is 21.3. The van der Waals surface area contributed by atoms with Gasteiger partial charge in [0.25, 0.3) is 0 Å². The summed E-state index contributed by atoms with van der Waals surface area (Å²) in [7, 11) is 0. The summed E-state index contributed by atoms with van der Waals surface area (Å²) in [5.74, 6) is -0.235. The molecule has 2 aromatic rings. The van der Waals surface area contributed by atoms with Gasteiger partial charge in [-0.3, -0.25) is 4.90 Å². The molecule has 156 valence electrons. The van der Waals surface area contributed by atoms with E-state index in [0.717, 1.165) is 32.4 Å². The fourth-order valence-electron chi connectivity index (χ4n) is 4.34. The third kappa shape index (κ3) is 5.67. The van der Waals surface area contributed by atoms with Gasteiger partial charge in [0.05, 0.1) is 11.5 Å². The molecule has 2 atom stereocenters. The van der Waals surface area contributed by atoms with Gasteiger partial charge in [-0.05, 0) is 49.8 Å². The molecule has 0 saturated heterocycles. The minimum Gasteiger partial charge on any atom is -0.296 e. The van der Waals surface area contributed by atoms with Crippen LogP contribution in [0.2, 0.25) is 0 Å². The molecule has 29 heavy (non-hydrogen) atoms. The summed E-state index contributed by atoms with van der Waals surface area (Å²) in [6.07, 6.45) is 3.65. The lowest BCUT2D eigenvalue weighted by atomic mass is 9.69. The molecule has 0 bridgehead atoms. The number of halogens is 1. The maximum absolute atomic E-state index is 14.6. The third-order valence-electron chi connectivity index (χ3n) is 6.14. The Labute approximate surface area is 176 Å². The van der Waals surface area contributed by atoms with E-state index < -0.39 is 5.41 Å². The lowest BCUT2D eigenvalue weighted by Gasteiger charge is -2.36. The highest BCUT2D eigenvalue weighted by Crippen LogP contribution is 2.39. The quantitative estimate of drug-likeness (QED) is 0.423. The highest BCUT2D eigenvalue weighted by atomic mass is 19.1. The van der Waals surface area contributed by atoms with E-state index in [1.165, 1.54) is 11.6 Å². The number of nitrogens with zero attached hydrogens (tertiary/aromatic N) is 2. The molecule has 0 N–H and O–H groups in total. The Morgan fingerprint density at radius 3 is 2.24 bits per heavy atom. The second-order valence-electron chi connectivity index (χ2n) is 8.27. The molecule has 2 nitrogen and oxygen atoms in total. The summed E-state index contributed by atoms with van der Waals surface area (Å²) in [5.41, 5.74) is 1.05. The molecule has 0 heterocycles. The van der Waals surface area contributed by atoms with Crippen molar-refractivity contribution in [1.82, 2.24) is 4.90 Å². The van der Waals surface area contributed by atoms with Crippen molar-refractivity contribution in [3.63, 3.8) is 0 Å². The van der Waals surface area contributed by atoms with Gasteiger partial charge in [-0.1, -0.05) is 76.2 Å². The highest BCUT2D eigenvalue weighted by molar-refractivity contribution is 5.34. The van der Waals surface area contributed by atoms with Crippen LogP contribution in [-0.2, 0) is 12.0 Å². The Hall–Kier alpha value is -2.18. The first-order valence-corrected chi connectivity index (χ1v) is 10.9. The number of hydrogen-bond donors (Lipinski definition) is 0. The van der Waals surface area contributed by atoms with Crippen LogP contribution in [0.15, 0.2) is 54.6 Å². The Kier molecular flexibility index (Phi) is 8.86. The van der Waals surface area contributed by atoms with Gasteiger partial charge in [0.15, 0.2) is 0 Å². The van der Waals surface area contributed by atoms with Crippen molar-refractivity contribution in [2.24, 2.45) is 5.92 Å². The normalized spacial score (nSPS) is 14.6. The van der Waals surface area contributed by atoms with E-state index in [-0.39, 0.29) is 11.7 Å². The minimum atomic E-state index is -0.802. The van der Waals surface area contributed by atoms with Crippen LogP contribution in [0.25, 0.3) is 0 Å². The van der Waals surface area contributed by atoms with E-state index in [1.807, 2.05) is 26.0 Å². The van der Waals surface area contributed by atoms with Crippen LogP contribution >= 0.6 is 0 Å². The number of rotatable bonds is 11. The number of benzene rings is 2. The maximum atomic E-state index is 14.6. The first-order valence-electron chi connectivity index (χ1n) is 10.9. The van der Waals surface area contributed by atoms with Crippen LogP contribution in [-0.4, -0.2) is 17.5 Å². The molecule has 0 aliphatic rings. The molecule has 2 aromatic carbocycles. The van der Waals surface area contributed by atoms with Crippen molar-refractivity contribution in [2.45, 2.75) is 71.4 Å². The predicted octanol–water partition coefficient (Wildman–Crippen LogP) is 6.71. The van der Waals surface area contributed by atoms with Crippen LogP contribution in [0.4, 0.5) is 4.39 Å². The lowest BCUT2D eigenvalue weighted by molar-refractivity contribution is 0.159. The lowest BCUT2D eigenvalue weighted by Crippen LogP contribution is -2.38. The zero-order valence-corrected chi connectivity index (χ0v) is 18.4. The second-order valence-corrected chi connectivity index (χ2v) is 8.27.